The fourth-order valence-electron chi connectivity index (χ4n) is 2.26. The van der Waals surface area contributed by atoms with Gasteiger partial charge in [0.1, 0.15) is 0 Å². The molecule has 1 aromatic rings. The molecule has 20 heavy (non-hydrogen) atoms. The zero-order chi connectivity index (χ0) is 14.4. The topological polar surface area (TPSA) is 81.5 Å². The van der Waals surface area contributed by atoms with E-state index in [9.17, 15) is 9.90 Å². The van der Waals surface area contributed by atoms with Crippen LogP contribution in [0.5, 0.6) is 11.9 Å². The summed E-state index contributed by atoms with van der Waals surface area (Å²) in [5.41, 5.74) is -0.729. The summed E-state index contributed by atoms with van der Waals surface area (Å²) >= 11 is 0. The molecule has 0 amide bonds. The van der Waals surface area contributed by atoms with Crippen LogP contribution in [0.4, 0.5) is 0 Å². The number of hydrogen-bond donors (Lipinski definition) is 1. The maximum Gasteiger partial charge on any atom is 0.319 e. The van der Waals surface area contributed by atoms with Crippen molar-refractivity contribution in [2.24, 2.45) is 5.41 Å². The van der Waals surface area contributed by atoms with Gasteiger partial charge in [0.25, 0.3) is 0 Å². The molecular weight excluding hydrogens is 260 g/mol. The molecule has 1 aliphatic carbocycles. The summed E-state index contributed by atoms with van der Waals surface area (Å²) in [5, 5.41) is 9.43. The molecule has 0 bridgehead atoms. The molecule has 6 heteroatoms. The Morgan fingerprint density at radius 1 is 1.50 bits per heavy atom. The minimum absolute atomic E-state index is 0.205. The second-order valence-corrected chi connectivity index (χ2v) is 4.78. The number of carboxylic acid groups (broad SMARTS) is 1. The van der Waals surface area contributed by atoms with Crippen molar-refractivity contribution in [2.75, 3.05) is 13.7 Å². The molecule has 1 heterocycles. The number of allylic oxidation sites excluding steroid dienone is 2. The lowest BCUT2D eigenvalue weighted by Gasteiger charge is -2.30. The van der Waals surface area contributed by atoms with E-state index >= 15 is 0 Å². The van der Waals surface area contributed by atoms with E-state index in [0.717, 1.165) is 6.42 Å². The van der Waals surface area contributed by atoms with Crippen molar-refractivity contribution in [1.82, 2.24) is 9.97 Å². The summed E-state index contributed by atoms with van der Waals surface area (Å²) in [7, 11) is 1.51. The van der Waals surface area contributed by atoms with Crippen LogP contribution in [0.1, 0.15) is 25.7 Å². The second kappa shape index (κ2) is 6.36. The third-order valence-corrected chi connectivity index (χ3v) is 3.55. The first-order chi connectivity index (χ1) is 9.66. The summed E-state index contributed by atoms with van der Waals surface area (Å²) in [4.78, 5) is 19.5. The van der Waals surface area contributed by atoms with E-state index in [1.165, 1.54) is 13.3 Å². The molecule has 0 spiro atoms. The molecule has 1 N–H and O–H groups in total. The molecule has 1 aliphatic rings. The molecule has 1 unspecified atom stereocenters. The lowest BCUT2D eigenvalue weighted by Crippen LogP contribution is -2.33. The van der Waals surface area contributed by atoms with Crippen molar-refractivity contribution >= 4 is 5.97 Å². The van der Waals surface area contributed by atoms with Gasteiger partial charge in [-0.3, -0.25) is 4.79 Å². The number of rotatable bonds is 6. The first kappa shape index (κ1) is 14.3. The van der Waals surface area contributed by atoms with E-state index in [0.29, 0.717) is 25.1 Å². The predicted octanol–water partition coefficient (Wildman–Crippen LogP) is 2.07. The normalized spacial score (nSPS) is 21.4. The number of ether oxygens (including phenoxy) is 2. The third kappa shape index (κ3) is 3.26. The maximum atomic E-state index is 11.5. The summed E-state index contributed by atoms with van der Waals surface area (Å²) < 4.78 is 10.4. The molecule has 0 fully saturated rings. The van der Waals surface area contributed by atoms with Crippen molar-refractivity contribution in [3.8, 4) is 11.9 Å². The number of carbonyl (C=O) groups is 1. The van der Waals surface area contributed by atoms with Crippen molar-refractivity contribution in [3.05, 3.63) is 24.4 Å². The van der Waals surface area contributed by atoms with Crippen LogP contribution in [-0.4, -0.2) is 34.8 Å². The van der Waals surface area contributed by atoms with Crippen molar-refractivity contribution in [1.29, 1.82) is 0 Å². The SMILES string of the molecule is COc1ccnc(OCCC2(C(=O)O)CC=CCC2)n1. The Morgan fingerprint density at radius 2 is 2.35 bits per heavy atom. The molecule has 0 radical (unpaired) electrons. The largest absolute Gasteiger partial charge is 0.481 e. The number of aromatic nitrogens is 2. The van der Waals surface area contributed by atoms with E-state index in [4.69, 9.17) is 9.47 Å². The van der Waals surface area contributed by atoms with E-state index in [1.54, 1.807) is 6.07 Å². The average Bonchev–Trinajstić information content (AvgIpc) is 2.48. The van der Waals surface area contributed by atoms with Gasteiger partial charge in [0, 0.05) is 12.3 Å². The zero-order valence-electron chi connectivity index (χ0n) is 11.4. The van der Waals surface area contributed by atoms with Gasteiger partial charge >= 0.3 is 12.0 Å². The van der Waals surface area contributed by atoms with E-state index < -0.39 is 11.4 Å². The summed E-state index contributed by atoms with van der Waals surface area (Å²) in [5.74, 6) is -0.347. The molecule has 1 atom stereocenters. The highest BCUT2D eigenvalue weighted by atomic mass is 16.5. The highest BCUT2D eigenvalue weighted by molar-refractivity contribution is 5.75. The van der Waals surface area contributed by atoms with E-state index in [2.05, 4.69) is 9.97 Å². The molecule has 0 aromatic carbocycles. The Morgan fingerprint density at radius 3 is 3.00 bits per heavy atom. The third-order valence-electron chi connectivity index (χ3n) is 3.55. The van der Waals surface area contributed by atoms with Gasteiger partial charge in [0.2, 0.25) is 5.88 Å². The molecule has 1 aromatic heterocycles. The molecule has 0 aliphatic heterocycles. The number of nitrogens with zero attached hydrogens (tertiary/aromatic N) is 2. The maximum absolute atomic E-state index is 11.5. The van der Waals surface area contributed by atoms with Crippen molar-refractivity contribution in [3.63, 3.8) is 0 Å². The first-order valence-electron chi connectivity index (χ1n) is 6.54. The molecule has 0 saturated heterocycles. The Kier molecular flexibility index (Phi) is 4.55. The first-order valence-corrected chi connectivity index (χ1v) is 6.54. The summed E-state index contributed by atoms with van der Waals surface area (Å²) in [6.45, 7) is 0.271. The van der Waals surface area contributed by atoms with Crippen molar-refractivity contribution in [2.45, 2.75) is 25.7 Å². The minimum Gasteiger partial charge on any atom is -0.481 e. The highest BCUT2D eigenvalue weighted by Gasteiger charge is 2.37. The van der Waals surface area contributed by atoms with Crippen LogP contribution < -0.4 is 9.47 Å². The summed E-state index contributed by atoms with van der Waals surface area (Å²) in [6, 6.07) is 1.83. The van der Waals surface area contributed by atoms with E-state index in [1.807, 2.05) is 12.2 Å². The molecule has 0 saturated carbocycles. The number of aliphatic carboxylic acids is 1. The van der Waals surface area contributed by atoms with Crippen LogP contribution in [0.15, 0.2) is 24.4 Å². The van der Waals surface area contributed by atoms with Crippen LogP contribution in [0, 0.1) is 5.41 Å². The van der Waals surface area contributed by atoms with Gasteiger partial charge in [0.05, 0.1) is 19.1 Å². The molecule has 2 rings (SSSR count). The number of carboxylic acids is 1. The predicted molar refractivity (Wildman–Crippen MR) is 71.8 cm³/mol. The standard InChI is InChI=1S/C14H18N2O4/c1-19-11-5-9-15-13(16-11)20-10-8-14(12(17)18)6-3-2-4-7-14/h2-3,5,9H,4,6-8,10H2,1H3,(H,17,18). The number of hydrogen-bond acceptors (Lipinski definition) is 5. The zero-order valence-corrected chi connectivity index (χ0v) is 11.4. The monoisotopic (exact) mass is 278 g/mol. The Balaban J connectivity index is 1.93. The Labute approximate surface area is 117 Å². The average molecular weight is 278 g/mol. The lowest BCUT2D eigenvalue weighted by atomic mass is 9.75. The molecule has 6 nitrogen and oxygen atoms in total. The lowest BCUT2D eigenvalue weighted by molar-refractivity contribution is -0.150. The van der Waals surface area contributed by atoms with Gasteiger partial charge in [-0.15, -0.1) is 0 Å². The van der Waals surface area contributed by atoms with Crippen LogP contribution in [0.2, 0.25) is 0 Å². The van der Waals surface area contributed by atoms with Crippen LogP contribution in [0.25, 0.3) is 0 Å². The van der Waals surface area contributed by atoms with Gasteiger partial charge in [-0.1, -0.05) is 12.2 Å². The smallest absolute Gasteiger partial charge is 0.319 e. The van der Waals surface area contributed by atoms with Gasteiger partial charge in [-0.2, -0.15) is 4.98 Å². The van der Waals surface area contributed by atoms with E-state index in [-0.39, 0.29) is 12.6 Å². The fourth-order valence-corrected chi connectivity index (χ4v) is 2.26. The van der Waals surface area contributed by atoms with Gasteiger partial charge in [0.15, 0.2) is 0 Å². The Hall–Kier alpha value is -2.11. The van der Waals surface area contributed by atoms with Crippen LogP contribution in [-0.2, 0) is 4.79 Å². The minimum atomic E-state index is -0.767. The summed E-state index contributed by atoms with van der Waals surface area (Å²) in [6.07, 6.45) is 7.91. The second-order valence-electron chi connectivity index (χ2n) is 4.78. The fraction of sp³-hybridized carbons (Fsp3) is 0.500. The Bertz CT molecular complexity index is 504. The quantitative estimate of drug-likeness (QED) is 0.802. The van der Waals surface area contributed by atoms with Gasteiger partial charge < -0.3 is 14.6 Å². The highest BCUT2D eigenvalue weighted by Crippen LogP contribution is 2.36. The molecular formula is C14H18N2O4. The van der Waals surface area contributed by atoms with Crippen LogP contribution in [0.3, 0.4) is 0 Å². The van der Waals surface area contributed by atoms with Gasteiger partial charge in [-0.05, 0) is 25.7 Å². The van der Waals surface area contributed by atoms with Crippen molar-refractivity contribution < 1.29 is 19.4 Å². The van der Waals surface area contributed by atoms with Gasteiger partial charge in [-0.25, -0.2) is 4.98 Å². The molecule has 108 valence electrons. The van der Waals surface area contributed by atoms with Crippen LogP contribution >= 0.6 is 0 Å². The number of methoxy groups -OCH3 is 1.